The van der Waals surface area contributed by atoms with Gasteiger partial charge in [-0.25, -0.2) is 4.79 Å². The van der Waals surface area contributed by atoms with Crippen LogP contribution in [-0.4, -0.2) is 11.1 Å². The van der Waals surface area contributed by atoms with Crippen molar-refractivity contribution in [2.24, 2.45) is 0 Å². The second kappa shape index (κ2) is 5.20. The normalized spacial score (nSPS) is 10.2. The number of nitrogens with one attached hydrogen (secondary N) is 1. The molecule has 0 amide bonds. The third-order valence-corrected chi connectivity index (χ3v) is 2.99. The molecule has 0 spiro atoms. The number of halogens is 1. The lowest BCUT2D eigenvalue weighted by Crippen LogP contribution is -2.02. The first-order chi connectivity index (χ1) is 8.97. The highest BCUT2D eigenvalue weighted by molar-refractivity contribution is 6.30. The average Bonchev–Trinajstić information content (AvgIpc) is 2.34. The molecule has 0 heterocycles. The zero-order valence-corrected chi connectivity index (χ0v) is 11.0. The zero-order valence-electron chi connectivity index (χ0n) is 10.3. The predicted octanol–water partition coefficient (Wildman–Crippen LogP) is 3.67. The molecule has 0 saturated heterocycles. The SMILES string of the molecule is Cc1cc(Cl)ccc1Nc1ccc(C(=O)O)cc1N. The Hall–Kier alpha value is -2.20. The molecule has 19 heavy (non-hydrogen) atoms. The molecule has 0 fully saturated rings. The molecule has 5 heteroatoms. The third-order valence-electron chi connectivity index (χ3n) is 2.76. The number of nitrogen functional groups attached to an aromatic ring is 1. The molecule has 2 aromatic carbocycles. The number of hydrogen-bond donors (Lipinski definition) is 3. The molecule has 4 N–H and O–H groups in total. The zero-order chi connectivity index (χ0) is 14.0. The van der Waals surface area contributed by atoms with Gasteiger partial charge >= 0.3 is 5.97 Å². The van der Waals surface area contributed by atoms with Crippen molar-refractivity contribution in [3.8, 4) is 0 Å². The Morgan fingerprint density at radius 1 is 1.21 bits per heavy atom. The largest absolute Gasteiger partial charge is 0.478 e. The van der Waals surface area contributed by atoms with Crippen LogP contribution in [0.25, 0.3) is 0 Å². The fraction of sp³-hybridized carbons (Fsp3) is 0.0714. The number of aromatic carboxylic acids is 1. The first kappa shape index (κ1) is 13.2. The fourth-order valence-electron chi connectivity index (χ4n) is 1.72. The van der Waals surface area contributed by atoms with Crippen molar-refractivity contribution in [2.75, 3.05) is 11.1 Å². The summed E-state index contributed by atoms with van der Waals surface area (Å²) in [5.41, 5.74) is 8.90. The maximum atomic E-state index is 10.8. The van der Waals surface area contributed by atoms with E-state index in [0.29, 0.717) is 16.4 Å². The Morgan fingerprint density at radius 2 is 1.89 bits per heavy atom. The number of rotatable bonds is 3. The Kier molecular flexibility index (Phi) is 3.62. The Labute approximate surface area is 115 Å². The van der Waals surface area contributed by atoms with Crippen molar-refractivity contribution in [3.63, 3.8) is 0 Å². The van der Waals surface area contributed by atoms with Crippen LogP contribution >= 0.6 is 11.6 Å². The maximum Gasteiger partial charge on any atom is 0.335 e. The number of benzene rings is 2. The molecular weight excluding hydrogens is 264 g/mol. The number of aryl methyl sites for hydroxylation is 1. The van der Waals surface area contributed by atoms with Gasteiger partial charge in [0.05, 0.1) is 16.9 Å². The lowest BCUT2D eigenvalue weighted by atomic mass is 10.1. The fourth-order valence-corrected chi connectivity index (χ4v) is 1.95. The molecule has 0 atom stereocenters. The highest BCUT2D eigenvalue weighted by Crippen LogP contribution is 2.27. The van der Waals surface area contributed by atoms with Crippen LogP contribution in [-0.2, 0) is 0 Å². The minimum Gasteiger partial charge on any atom is -0.478 e. The van der Waals surface area contributed by atoms with Gasteiger partial charge in [0.15, 0.2) is 0 Å². The minimum atomic E-state index is -0.999. The van der Waals surface area contributed by atoms with Gasteiger partial charge < -0.3 is 16.2 Å². The second-order valence-corrected chi connectivity index (χ2v) is 4.63. The monoisotopic (exact) mass is 276 g/mol. The maximum absolute atomic E-state index is 10.8. The summed E-state index contributed by atoms with van der Waals surface area (Å²) in [5, 5.41) is 12.7. The van der Waals surface area contributed by atoms with Gasteiger partial charge in [0.25, 0.3) is 0 Å². The van der Waals surface area contributed by atoms with Crippen LogP contribution in [0.3, 0.4) is 0 Å². The summed E-state index contributed by atoms with van der Waals surface area (Å²) >= 11 is 5.89. The van der Waals surface area contributed by atoms with Crippen LogP contribution in [0, 0.1) is 6.92 Å². The van der Waals surface area contributed by atoms with Gasteiger partial charge in [0.2, 0.25) is 0 Å². The Bertz CT molecular complexity index is 641. The highest BCUT2D eigenvalue weighted by Gasteiger charge is 2.07. The standard InChI is InChI=1S/C14H13ClN2O2/c1-8-6-10(15)3-5-12(8)17-13-4-2-9(14(18)19)7-11(13)16/h2-7,17H,16H2,1H3,(H,18,19). The van der Waals surface area contributed by atoms with Crippen molar-refractivity contribution in [1.82, 2.24) is 0 Å². The van der Waals surface area contributed by atoms with E-state index in [1.165, 1.54) is 12.1 Å². The summed E-state index contributed by atoms with van der Waals surface area (Å²) in [6.07, 6.45) is 0. The van der Waals surface area contributed by atoms with Crippen LogP contribution in [0.4, 0.5) is 17.1 Å². The molecule has 2 rings (SSSR count). The van der Waals surface area contributed by atoms with E-state index in [1.54, 1.807) is 12.1 Å². The van der Waals surface area contributed by atoms with Gasteiger partial charge in [-0.05, 0) is 48.9 Å². The van der Waals surface area contributed by atoms with Crippen LogP contribution in [0.5, 0.6) is 0 Å². The number of anilines is 3. The van der Waals surface area contributed by atoms with E-state index in [1.807, 2.05) is 19.1 Å². The van der Waals surface area contributed by atoms with E-state index in [4.69, 9.17) is 22.4 Å². The minimum absolute atomic E-state index is 0.163. The number of carboxylic acids is 1. The van der Waals surface area contributed by atoms with Gasteiger partial charge in [-0.2, -0.15) is 0 Å². The molecule has 0 aliphatic carbocycles. The summed E-state index contributed by atoms with van der Waals surface area (Å²) in [4.78, 5) is 10.8. The van der Waals surface area contributed by atoms with Gasteiger partial charge in [-0.15, -0.1) is 0 Å². The lowest BCUT2D eigenvalue weighted by molar-refractivity contribution is 0.0697. The first-order valence-electron chi connectivity index (χ1n) is 5.63. The number of carbonyl (C=O) groups is 1. The molecule has 0 saturated carbocycles. The van der Waals surface area contributed by atoms with E-state index < -0.39 is 5.97 Å². The molecular formula is C14H13ClN2O2. The summed E-state index contributed by atoms with van der Waals surface area (Å²) in [6, 6.07) is 10.0. The molecule has 0 aliphatic heterocycles. The van der Waals surface area contributed by atoms with Crippen molar-refractivity contribution in [1.29, 1.82) is 0 Å². The topological polar surface area (TPSA) is 75.3 Å². The average molecular weight is 277 g/mol. The Morgan fingerprint density at radius 3 is 2.47 bits per heavy atom. The smallest absolute Gasteiger partial charge is 0.335 e. The van der Waals surface area contributed by atoms with Gasteiger partial charge in [-0.3, -0.25) is 0 Å². The molecule has 0 unspecified atom stereocenters. The van der Waals surface area contributed by atoms with Gasteiger partial charge in [0.1, 0.15) is 0 Å². The lowest BCUT2D eigenvalue weighted by Gasteiger charge is -2.12. The summed E-state index contributed by atoms with van der Waals surface area (Å²) in [5.74, 6) is -0.999. The van der Waals surface area contributed by atoms with Crippen molar-refractivity contribution in [3.05, 3.63) is 52.5 Å². The van der Waals surface area contributed by atoms with E-state index in [2.05, 4.69) is 5.32 Å². The van der Waals surface area contributed by atoms with Gasteiger partial charge in [0, 0.05) is 10.7 Å². The molecule has 2 aromatic rings. The van der Waals surface area contributed by atoms with Crippen LogP contribution in [0.2, 0.25) is 5.02 Å². The van der Waals surface area contributed by atoms with Crippen LogP contribution in [0.1, 0.15) is 15.9 Å². The number of carboxylic acid groups (broad SMARTS) is 1. The second-order valence-electron chi connectivity index (χ2n) is 4.19. The van der Waals surface area contributed by atoms with Gasteiger partial charge in [-0.1, -0.05) is 11.6 Å². The van der Waals surface area contributed by atoms with Crippen LogP contribution < -0.4 is 11.1 Å². The number of hydrogen-bond acceptors (Lipinski definition) is 3. The highest BCUT2D eigenvalue weighted by atomic mass is 35.5. The van der Waals surface area contributed by atoms with E-state index in [-0.39, 0.29) is 5.56 Å². The summed E-state index contributed by atoms with van der Waals surface area (Å²) < 4.78 is 0. The van der Waals surface area contributed by atoms with Crippen LogP contribution in [0.15, 0.2) is 36.4 Å². The molecule has 0 bridgehead atoms. The van der Waals surface area contributed by atoms with E-state index in [9.17, 15) is 4.79 Å². The van der Waals surface area contributed by atoms with Crippen molar-refractivity contribution < 1.29 is 9.90 Å². The van der Waals surface area contributed by atoms with E-state index >= 15 is 0 Å². The van der Waals surface area contributed by atoms with Crippen molar-refractivity contribution >= 4 is 34.6 Å². The van der Waals surface area contributed by atoms with Crippen molar-refractivity contribution in [2.45, 2.75) is 6.92 Å². The van der Waals surface area contributed by atoms with E-state index in [0.717, 1.165) is 11.3 Å². The summed E-state index contributed by atoms with van der Waals surface area (Å²) in [7, 11) is 0. The predicted molar refractivity (Wildman–Crippen MR) is 77.3 cm³/mol. The molecule has 4 nitrogen and oxygen atoms in total. The molecule has 0 radical (unpaired) electrons. The Balaban J connectivity index is 2.31. The molecule has 98 valence electrons. The molecule has 0 aliphatic rings. The molecule has 0 aromatic heterocycles. The number of nitrogens with two attached hydrogens (primary N) is 1. The summed E-state index contributed by atoms with van der Waals surface area (Å²) in [6.45, 7) is 1.93. The first-order valence-corrected chi connectivity index (χ1v) is 6.01. The quantitative estimate of drug-likeness (QED) is 0.748. The third kappa shape index (κ3) is 2.98.